The third-order valence-corrected chi connectivity index (χ3v) is 1.18. The molecule has 0 N–H and O–H groups in total. The van der Waals surface area contributed by atoms with Gasteiger partial charge in [-0.3, -0.25) is 0 Å². The molecule has 1 aromatic rings. The maximum Gasteiger partial charge on any atom is 0.119 e. The zero-order chi connectivity index (χ0) is 7.94. The molecule has 0 unspecified atom stereocenters. The Hall–Kier alpha value is -1.06. The summed E-state index contributed by atoms with van der Waals surface area (Å²) >= 11 is 0. The molecule has 0 aliphatic heterocycles. The Kier molecular flexibility index (Phi) is 3.44. The van der Waals surface area contributed by atoms with Crippen LogP contribution in [0.4, 0.5) is 0 Å². The zero-order valence-electron chi connectivity index (χ0n) is 6.03. The predicted octanol–water partition coefficient (Wildman–Crippen LogP) is 1.43. The minimum absolute atomic E-state index is 0.0783. The summed E-state index contributed by atoms with van der Waals surface area (Å²) in [6.07, 6.45) is 0. The lowest BCUT2D eigenvalue weighted by atomic mass is 10.3. The molecule has 59 valence electrons. The molecule has 0 atom stereocenters. The van der Waals surface area contributed by atoms with Gasteiger partial charge >= 0.3 is 0 Å². The summed E-state index contributed by atoms with van der Waals surface area (Å²) in [5, 5.41) is 9.54. The Morgan fingerprint density at radius 3 is 2.45 bits per heavy atom. The molecule has 1 rings (SSSR count). The first kappa shape index (κ1) is 8.04. The van der Waals surface area contributed by atoms with Crippen LogP contribution >= 0.6 is 0 Å². The summed E-state index contributed by atoms with van der Waals surface area (Å²) in [5.74, 6) is 0.754. The topological polar surface area (TPSA) is 38.4 Å². The monoisotopic (exact) mass is 153 g/mol. The van der Waals surface area contributed by atoms with Gasteiger partial charge < -0.3 is 4.74 Å². The van der Waals surface area contributed by atoms with Gasteiger partial charge in [0, 0.05) is 0 Å². The molecule has 0 bridgehead atoms. The van der Waals surface area contributed by atoms with Crippen LogP contribution in [-0.2, 0) is 10.1 Å². The highest BCUT2D eigenvalue weighted by Crippen LogP contribution is 2.07. The van der Waals surface area contributed by atoms with Gasteiger partial charge in [0.1, 0.15) is 19.0 Å². The van der Waals surface area contributed by atoms with Crippen molar-refractivity contribution < 1.29 is 14.9 Å². The molecular weight excluding hydrogens is 144 g/mol. The summed E-state index contributed by atoms with van der Waals surface area (Å²) in [6.45, 7) is 0.377. The first-order valence-electron chi connectivity index (χ1n) is 3.36. The lowest BCUT2D eigenvalue weighted by Crippen LogP contribution is -2.03. The second-order valence-electron chi connectivity index (χ2n) is 1.98. The van der Waals surface area contributed by atoms with E-state index in [2.05, 4.69) is 4.89 Å². The molecule has 0 fully saturated rings. The van der Waals surface area contributed by atoms with Gasteiger partial charge in [0.15, 0.2) is 0 Å². The Bertz CT molecular complexity index is 186. The SMILES string of the molecule is [O]OCCOc1ccccc1. The molecule has 0 amide bonds. The highest BCUT2D eigenvalue weighted by Gasteiger charge is 1.89. The van der Waals surface area contributed by atoms with Gasteiger partial charge in [-0.25, -0.2) is 4.89 Å². The van der Waals surface area contributed by atoms with Gasteiger partial charge in [-0.15, -0.1) is 0 Å². The highest BCUT2D eigenvalue weighted by atomic mass is 17.1. The first-order chi connectivity index (χ1) is 5.43. The second kappa shape index (κ2) is 4.71. The largest absolute Gasteiger partial charge is 0.491 e. The fraction of sp³-hybridized carbons (Fsp3) is 0.250. The van der Waals surface area contributed by atoms with Crippen LogP contribution in [0, 0.1) is 0 Å². The second-order valence-corrected chi connectivity index (χ2v) is 1.98. The fourth-order valence-electron chi connectivity index (χ4n) is 0.710. The van der Waals surface area contributed by atoms with Crippen LogP contribution in [0.25, 0.3) is 0 Å². The smallest absolute Gasteiger partial charge is 0.119 e. The van der Waals surface area contributed by atoms with E-state index in [0.717, 1.165) is 5.75 Å². The van der Waals surface area contributed by atoms with Crippen LogP contribution in [0.1, 0.15) is 0 Å². The number of para-hydroxylation sites is 1. The van der Waals surface area contributed by atoms with Crippen molar-refractivity contribution in [3.8, 4) is 5.75 Å². The van der Waals surface area contributed by atoms with Crippen molar-refractivity contribution in [2.45, 2.75) is 0 Å². The van der Waals surface area contributed by atoms with Crippen LogP contribution in [-0.4, -0.2) is 13.2 Å². The van der Waals surface area contributed by atoms with Crippen molar-refractivity contribution >= 4 is 0 Å². The Labute approximate surface area is 65.1 Å². The summed E-state index contributed by atoms with van der Waals surface area (Å²) in [6, 6.07) is 9.29. The molecule has 0 saturated heterocycles. The molecular formula is C8H9O3. The van der Waals surface area contributed by atoms with Gasteiger partial charge in [0.25, 0.3) is 0 Å². The van der Waals surface area contributed by atoms with Crippen molar-refractivity contribution in [1.82, 2.24) is 0 Å². The van der Waals surface area contributed by atoms with Crippen molar-refractivity contribution in [2.75, 3.05) is 13.2 Å². The standard InChI is InChI=1S/C8H9O3/c9-11-7-6-10-8-4-2-1-3-5-8/h1-5H,6-7H2. The van der Waals surface area contributed by atoms with Crippen LogP contribution < -0.4 is 4.74 Å². The minimum Gasteiger partial charge on any atom is -0.491 e. The van der Waals surface area contributed by atoms with Gasteiger partial charge in [0.05, 0.1) is 0 Å². The molecule has 0 saturated carbocycles. The van der Waals surface area contributed by atoms with E-state index in [1.54, 1.807) is 0 Å². The van der Waals surface area contributed by atoms with E-state index >= 15 is 0 Å². The average molecular weight is 153 g/mol. The molecule has 1 aromatic carbocycles. The van der Waals surface area contributed by atoms with E-state index in [9.17, 15) is 5.26 Å². The zero-order valence-corrected chi connectivity index (χ0v) is 6.03. The Morgan fingerprint density at radius 1 is 1.09 bits per heavy atom. The predicted molar refractivity (Wildman–Crippen MR) is 38.6 cm³/mol. The number of hydrogen-bond donors (Lipinski definition) is 0. The van der Waals surface area contributed by atoms with Crippen molar-refractivity contribution in [3.05, 3.63) is 30.3 Å². The molecule has 0 aliphatic carbocycles. The van der Waals surface area contributed by atoms with E-state index < -0.39 is 0 Å². The van der Waals surface area contributed by atoms with Crippen LogP contribution in [0.5, 0.6) is 5.75 Å². The molecule has 3 heteroatoms. The molecule has 11 heavy (non-hydrogen) atoms. The normalized spacial score (nSPS) is 9.55. The van der Waals surface area contributed by atoms with E-state index in [1.807, 2.05) is 30.3 Å². The van der Waals surface area contributed by atoms with E-state index in [1.165, 1.54) is 0 Å². The number of hydrogen-bond acceptors (Lipinski definition) is 2. The maximum absolute atomic E-state index is 9.54. The lowest BCUT2D eigenvalue weighted by molar-refractivity contribution is -0.305. The van der Waals surface area contributed by atoms with Crippen molar-refractivity contribution in [1.29, 1.82) is 0 Å². The summed E-state index contributed by atoms with van der Waals surface area (Å²) < 4.78 is 5.12. The molecule has 0 aliphatic rings. The molecule has 0 aromatic heterocycles. The first-order valence-corrected chi connectivity index (χ1v) is 3.36. The fourth-order valence-corrected chi connectivity index (χ4v) is 0.710. The number of ether oxygens (including phenoxy) is 1. The summed E-state index contributed by atoms with van der Waals surface area (Å²) in [7, 11) is 0. The third-order valence-electron chi connectivity index (χ3n) is 1.18. The average Bonchev–Trinajstić information content (AvgIpc) is 2.07. The minimum atomic E-state index is 0.0783. The molecule has 3 nitrogen and oxygen atoms in total. The Morgan fingerprint density at radius 2 is 1.82 bits per heavy atom. The van der Waals surface area contributed by atoms with Gasteiger partial charge in [-0.2, -0.15) is 0 Å². The number of rotatable bonds is 4. The van der Waals surface area contributed by atoms with E-state index in [0.29, 0.717) is 6.61 Å². The third kappa shape index (κ3) is 3.02. The number of benzene rings is 1. The van der Waals surface area contributed by atoms with Crippen LogP contribution in [0.15, 0.2) is 30.3 Å². The molecule has 0 heterocycles. The Balaban J connectivity index is 2.28. The van der Waals surface area contributed by atoms with Gasteiger partial charge in [-0.1, -0.05) is 18.2 Å². The highest BCUT2D eigenvalue weighted by molar-refractivity contribution is 5.20. The quantitative estimate of drug-likeness (QED) is 0.373. The van der Waals surface area contributed by atoms with Gasteiger partial charge in [0.2, 0.25) is 0 Å². The summed E-state index contributed by atoms with van der Waals surface area (Å²) in [4.78, 5) is 3.59. The maximum atomic E-state index is 9.54. The van der Waals surface area contributed by atoms with Crippen LogP contribution in [0.2, 0.25) is 0 Å². The molecule has 1 radical (unpaired) electrons. The summed E-state index contributed by atoms with van der Waals surface area (Å²) in [5.41, 5.74) is 0. The van der Waals surface area contributed by atoms with E-state index in [-0.39, 0.29) is 6.61 Å². The van der Waals surface area contributed by atoms with Crippen LogP contribution in [0.3, 0.4) is 0 Å². The lowest BCUT2D eigenvalue weighted by Gasteiger charge is -2.02. The molecule has 0 spiro atoms. The van der Waals surface area contributed by atoms with Crippen molar-refractivity contribution in [2.24, 2.45) is 0 Å². The van der Waals surface area contributed by atoms with Crippen molar-refractivity contribution in [3.63, 3.8) is 0 Å². The van der Waals surface area contributed by atoms with Gasteiger partial charge in [-0.05, 0) is 17.4 Å². The van der Waals surface area contributed by atoms with E-state index in [4.69, 9.17) is 4.74 Å².